The van der Waals surface area contributed by atoms with Crippen molar-refractivity contribution in [3.05, 3.63) is 28.6 Å². The molecule has 0 saturated heterocycles. The maximum Gasteiger partial charge on any atom is 0.316 e. The molecule has 2 aromatic heterocycles. The SMILES string of the molecule is Cn1ccc(-c2nn(COCC[Si](C)(C)C)cc2[N+](=O)[O-])n1. The first kappa shape index (κ1) is 16.4. The van der Waals surface area contributed by atoms with E-state index in [9.17, 15) is 10.1 Å². The molecule has 0 unspecified atom stereocenters. The number of hydrogen-bond donors (Lipinski definition) is 0. The Morgan fingerprint density at radius 3 is 2.64 bits per heavy atom. The van der Waals surface area contributed by atoms with Gasteiger partial charge in [0.25, 0.3) is 0 Å². The van der Waals surface area contributed by atoms with Crippen LogP contribution in [0.1, 0.15) is 0 Å². The molecule has 0 atom stereocenters. The van der Waals surface area contributed by atoms with E-state index in [1.54, 1.807) is 24.0 Å². The zero-order valence-electron chi connectivity index (χ0n) is 13.3. The summed E-state index contributed by atoms with van der Waals surface area (Å²) in [6.07, 6.45) is 3.11. The smallest absolute Gasteiger partial charge is 0.316 e. The lowest BCUT2D eigenvalue weighted by molar-refractivity contribution is -0.384. The van der Waals surface area contributed by atoms with Crippen molar-refractivity contribution in [1.29, 1.82) is 0 Å². The van der Waals surface area contributed by atoms with Gasteiger partial charge in [0.1, 0.15) is 18.6 Å². The maximum absolute atomic E-state index is 11.2. The number of nitrogens with zero attached hydrogens (tertiary/aromatic N) is 5. The van der Waals surface area contributed by atoms with Gasteiger partial charge in [-0.25, -0.2) is 4.68 Å². The van der Waals surface area contributed by atoms with Gasteiger partial charge in [-0.3, -0.25) is 14.8 Å². The first-order valence-electron chi connectivity index (χ1n) is 7.06. The molecule has 0 radical (unpaired) electrons. The highest BCUT2D eigenvalue weighted by Crippen LogP contribution is 2.26. The van der Waals surface area contributed by atoms with Crippen LogP contribution in [-0.2, 0) is 18.5 Å². The van der Waals surface area contributed by atoms with Gasteiger partial charge in [0, 0.05) is 27.9 Å². The zero-order chi connectivity index (χ0) is 16.3. The predicted octanol–water partition coefficient (Wildman–Crippen LogP) is 2.50. The van der Waals surface area contributed by atoms with Crippen LogP contribution in [0, 0.1) is 10.1 Å². The molecule has 0 aliphatic heterocycles. The van der Waals surface area contributed by atoms with E-state index < -0.39 is 13.0 Å². The number of nitro groups is 1. The van der Waals surface area contributed by atoms with Crippen molar-refractivity contribution in [3.63, 3.8) is 0 Å². The van der Waals surface area contributed by atoms with Crippen molar-refractivity contribution < 1.29 is 9.66 Å². The molecule has 0 aliphatic carbocycles. The quantitative estimate of drug-likeness (QED) is 0.338. The molecule has 8 nitrogen and oxygen atoms in total. The first-order valence-corrected chi connectivity index (χ1v) is 10.8. The molecule has 0 saturated carbocycles. The highest BCUT2D eigenvalue weighted by Gasteiger charge is 2.22. The van der Waals surface area contributed by atoms with Gasteiger partial charge in [0.2, 0.25) is 0 Å². The molecule has 0 spiro atoms. The Kier molecular flexibility index (Phi) is 4.76. The molecule has 2 aromatic rings. The summed E-state index contributed by atoms with van der Waals surface area (Å²) in [4.78, 5) is 10.7. The van der Waals surface area contributed by atoms with Gasteiger partial charge in [-0.2, -0.15) is 10.2 Å². The number of aryl methyl sites for hydroxylation is 1. The third-order valence-corrected chi connectivity index (χ3v) is 4.82. The number of ether oxygens (including phenoxy) is 1. The molecular formula is C13H21N5O3Si. The fraction of sp³-hybridized carbons (Fsp3) is 0.538. The normalized spacial score (nSPS) is 11.8. The Morgan fingerprint density at radius 1 is 1.36 bits per heavy atom. The summed E-state index contributed by atoms with van der Waals surface area (Å²) in [6.45, 7) is 7.66. The van der Waals surface area contributed by atoms with Crippen molar-refractivity contribution in [2.24, 2.45) is 7.05 Å². The highest BCUT2D eigenvalue weighted by atomic mass is 28.3. The van der Waals surface area contributed by atoms with E-state index in [2.05, 4.69) is 29.8 Å². The third kappa shape index (κ3) is 4.24. The third-order valence-electron chi connectivity index (χ3n) is 3.12. The summed E-state index contributed by atoms with van der Waals surface area (Å²) >= 11 is 0. The van der Waals surface area contributed by atoms with Crippen LogP contribution in [0.15, 0.2) is 18.5 Å². The Bertz CT molecular complexity index is 659. The van der Waals surface area contributed by atoms with Crippen LogP contribution < -0.4 is 0 Å². The average molecular weight is 323 g/mol. The van der Waals surface area contributed by atoms with E-state index in [0.29, 0.717) is 12.3 Å². The Hall–Kier alpha value is -2.00. The second-order valence-corrected chi connectivity index (χ2v) is 12.0. The fourth-order valence-electron chi connectivity index (χ4n) is 1.87. The van der Waals surface area contributed by atoms with E-state index >= 15 is 0 Å². The molecule has 0 aromatic carbocycles. The van der Waals surface area contributed by atoms with Gasteiger partial charge < -0.3 is 4.74 Å². The summed E-state index contributed by atoms with van der Waals surface area (Å²) in [6, 6.07) is 2.75. The molecule has 9 heteroatoms. The van der Waals surface area contributed by atoms with Crippen LogP contribution in [0.3, 0.4) is 0 Å². The lowest BCUT2D eigenvalue weighted by Crippen LogP contribution is -2.22. The summed E-state index contributed by atoms with van der Waals surface area (Å²) in [7, 11) is 0.611. The molecule has 0 N–H and O–H groups in total. The molecule has 120 valence electrons. The molecule has 2 rings (SSSR count). The van der Waals surface area contributed by atoms with Crippen LogP contribution in [0.2, 0.25) is 25.7 Å². The van der Waals surface area contributed by atoms with E-state index in [1.165, 1.54) is 10.9 Å². The van der Waals surface area contributed by atoms with Crippen LogP contribution in [-0.4, -0.2) is 39.2 Å². The van der Waals surface area contributed by atoms with Crippen molar-refractivity contribution in [1.82, 2.24) is 19.6 Å². The topological polar surface area (TPSA) is 88.0 Å². The number of aromatic nitrogens is 4. The van der Waals surface area contributed by atoms with Gasteiger partial charge in [-0.15, -0.1) is 0 Å². The van der Waals surface area contributed by atoms with E-state index in [0.717, 1.165) is 6.04 Å². The Labute approximate surface area is 129 Å². The fourth-order valence-corrected chi connectivity index (χ4v) is 2.63. The summed E-state index contributed by atoms with van der Waals surface area (Å²) < 4.78 is 8.61. The second-order valence-electron chi connectivity index (χ2n) is 6.38. The van der Waals surface area contributed by atoms with Crippen LogP contribution in [0.4, 0.5) is 5.69 Å². The minimum Gasteiger partial charge on any atom is -0.360 e. The van der Waals surface area contributed by atoms with Crippen LogP contribution >= 0.6 is 0 Å². The largest absolute Gasteiger partial charge is 0.360 e. The Balaban J connectivity index is 2.09. The van der Waals surface area contributed by atoms with E-state index in [1.807, 2.05) is 0 Å². The van der Waals surface area contributed by atoms with Crippen molar-refractivity contribution >= 4 is 13.8 Å². The molecule has 0 bridgehead atoms. The molecular weight excluding hydrogens is 302 g/mol. The van der Waals surface area contributed by atoms with Gasteiger partial charge >= 0.3 is 5.69 Å². The van der Waals surface area contributed by atoms with Crippen LogP contribution in [0.5, 0.6) is 0 Å². The minimum absolute atomic E-state index is 0.0625. The first-order chi connectivity index (χ1) is 10.3. The van der Waals surface area contributed by atoms with Crippen molar-refractivity contribution in [2.45, 2.75) is 32.4 Å². The monoisotopic (exact) mass is 323 g/mol. The van der Waals surface area contributed by atoms with Gasteiger partial charge in [0.05, 0.1) is 4.92 Å². The van der Waals surface area contributed by atoms with Gasteiger partial charge in [0.15, 0.2) is 5.69 Å². The molecule has 0 fully saturated rings. The van der Waals surface area contributed by atoms with Gasteiger partial charge in [-0.1, -0.05) is 19.6 Å². The summed E-state index contributed by atoms with van der Waals surface area (Å²) in [5.74, 6) is 0. The number of rotatable bonds is 7. The second kappa shape index (κ2) is 6.40. The van der Waals surface area contributed by atoms with E-state index in [-0.39, 0.29) is 18.1 Å². The Morgan fingerprint density at radius 2 is 2.09 bits per heavy atom. The van der Waals surface area contributed by atoms with E-state index in [4.69, 9.17) is 4.74 Å². The molecule has 0 aliphatic rings. The molecule has 2 heterocycles. The lowest BCUT2D eigenvalue weighted by Gasteiger charge is -2.15. The zero-order valence-corrected chi connectivity index (χ0v) is 14.3. The summed E-state index contributed by atoms with van der Waals surface area (Å²) in [5.41, 5.74) is 0.682. The standard InChI is InChI=1S/C13H21N5O3Si/c1-16-6-5-11(14-16)13-12(18(19)20)9-17(15-13)10-21-7-8-22(2,3)4/h5-6,9H,7-8,10H2,1-4H3. The predicted molar refractivity (Wildman–Crippen MR) is 85.2 cm³/mol. The number of hydrogen-bond acceptors (Lipinski definition) is 5. The van der Waals surface area contributed by atoms with Crippen molar-refractivity contribution in [3.8, 4) is 11.4 Å². The van der Waals surface area contributed by atoms with Crippen LogP contribution in [0.25, 0.3) is 11.4 Å². The highest BCUT2D eigenvalue weighted by molar-refractivity contribution is 6.76. The lowest BCUT2D eigenvalue weighted by atomic mass is 10.3. The average Bonchev–Trinajstić information content (AvgIpc) is 2.99. The minimum atomic E-state index is -1.14. The maximum atomic E-state index is 11.2. The van der Waals surface area contributed by atoms with Crippen molar-refractivity contribution in [2.75, 3.05) is 6.61 Å². The molecule has 22 heavy (non-hydrogen) atoms. The summed E-state index contributed by atoms with van der Waals surface area (Å²) in [5, 5.41) is 19.6. The van der Waals surface area contributed by atoms with Gasteiger partial charge in [-0.05, 0) is 12.1 Å². The molecule has 0 amide bonds.